The predicted octanol–water partition coefficient (Wildman–Crippen LogP) is 4.31. The number of carbonyl (C=O) groups excluding carboxylic acids is 1. The first kappa shape index (κ1) is 19.5. The van der Waals surface area contributed by atoms with E-state index in [9.17, 15) is 4.79 Å². The Hall–Kier alpha value is -2.22. The van der Waals surface area contributed by atoms with Crippen molar-refractivity contribution in [3.05, 3.63) is 70.2 Å². The fraction of sp³-hybridized carbons (Fsp3) is 0.211. The van der Waals surface area contributed by atoms with Gasteiger partial charge in [-0.2, -0.15) is 5.10 Å². The van der Waals surface area contributed by atoms with Gasteiger partial charge in [0.05, 0.1) is 22.9 Å². The van der Waals surface area contributed by atoms with Crippen LogP contribution in [-0.2, 0) is 4.79 Å². The van der Waals surface area contributed by atoms with Crippen molar-refractivity contribution in [1.82, 2.24) is 19.7 Å². The zero-order chi connectivity index (χ0) is 19.4. The molecule has 0 bridgehead atoms. The van der Waals surface area contributed by atoms with Crippen LogP contribution in [0.4, 0.5) is 5.69 Å². The normalized spacial score (nSPS) is 12.2. The van der Waals surface area contributed by atoms with Crippen molar-refractivity contribution in [2.45, 2.75) is 13.0 Å². The van der Waals surface area contributed by atoms with E-state index in [1.165, 1.54) is 6.33 Å². The molecule has 2 aromatic carbocycles. The van der Waals surface area contributed by atoms with Crippen LogP contribution in [0.25, 0.3) is 5.69 Å². The summed E-state index contributed by atoms with van der Waals surface area (Å²) in [5, 5.41) is 7.46. The van der Waals surface area contributed by atoms with Crippen molar-refractivity contribution < 1.29 is 4.79 Å². The third kappa shape index (κ3) is 4.94. The smallest absolute Gasteiger partial charge is 0.238 e. The van der Waals surface area contributed by atoms with Crippen LogP contribution in [0, 0.1) is 0 Å². The Morgan fingerprint density at radius 1 is 1.30 bits per heavy atom. The molecule has 1 amide bonds. The van der Waals surface area contributed by atoms with E-state index in [2.05, 4.69) is 38.3 Å². The van der Waals surface area contributed by atoms with Crippen LogP contribution >= 0.6 is 27.5 Å². The Labute approximate surface area is 171 Å². The number of likely N-dealkylation sites (N-methyl/N-ethyl adjacent to an activating group) is 1. The van der Waals surface area contributed by atoms with E-state index in [1.807, 2.05) is 42.3 Å². The van der Waals surface area contributed by atoms with Crippen molar-refractivity contribution in [3.8, 4) is 5.69 Å². The fourth-order valence-electron chi connectivity index (χ4n) is 2.65. The van der Waals surface area contributed by atoms with E-state index in [0.29, 0.717) is 10.7 Å². The van der Waals surface area contributed by atoms with Crippen LogP contribution in [0.15, 0.2) is 59.6 Å². The minimum atomic E-state index is -0.118. The maximum atomic E-state index is 12.4. The standard InChI is InChI=1S/C19H19BrClN5O/c1-13(14-3-6-16(7-4-14)26-12-22-11-23-26)25(2)10-19(27)24-18-8-5-15(20)9-17(18)21/h3-9,11-13H,10H2,1-2H3,(H,24,27)/t13-/m0/s1. The molecular weight excluding hydrogens is 430 g/mol. The molecule has 27 heavy (non-hydrogen) atoms. The van der Waals surface area contributed by atoms with E-state index in [4.69, 9.17) is 11.6 Å². The maximum absolute atomic E-state index is 12.4. The fourth-order valence-corrected chi connectivity index (χ4v) is 3.37. The minimum Gasteiger partial charge on any atom is -0.324 e. The Bertz CT molecular complexity index is 914. The van der Waals surface area contributed by atoms with Gasteiger partial charge in [0.15, 0.2) is 0 Å². The van der Waals surface area contributed by atoms with Crippen LogP contribution in [0.3, 0.4) is 0 Å². The number of benzene rings is 2. The van der Waals surface area contributed by atoms with E-state index in [0.717, 1.165) is 15.7 Å². The first-order valence-corrected chi connectivity index (χ1v) is 9.51. The first-order chi connectivity index (χ1) is 12.9. The molecule has 0 fully saturated rings. The van der Waals surface area contributed by atoms with Gasteiger partial charge in [-0.3, -0.25) is 9.69 Å². The zero-order valence-electron chi connectivity index (χ0n) is 14.9. The highest BCUT2D eigenvalue weighted by atomic mass is 79.9. The van der Waals surface area contributed by atoms with Gasteiger partial charge < -0.3 is 5.32 Å². The molecule has 0 aliphatic heterocycles. The molecule has 8 heteroatoms. The summed E-state index contributed by atoms with van der Waals surface area (Å²) in [4.78, 5) is 18.3. The van der Waals surface area contributed by atoms with Crippen molar-refractivity contribution in [3.63, 3.8) is 0 Å². The van der Waals surface area contributed by atoms with Crippen LogP contribution in [-0.4, -0.2) is 39.2 Å². The van der Waals surface area contributed by atoms with Crippen molar-refractivity contribution in [1.29, 1.82) is 0 Å². The van der Waals surface area contributed by atoms with Crippen molar-refractivity contribution in [2.24, 2.45) is 0 Å². The summed E-state index contributed by atoms with van der Waals surface area (Å²) in [6.07, 6.45) is 3.16. The molecule has 3 rings (SSSR count). The number of aromatic nitrogens is 3. The van der Waals surface area contributed by atoms with Gasteiger partial charge in [-0.15, -0.1) is 0 Å². The SMILES string of the molecule is C[C@@H](c1ccc(-n2cncn2)cc1)N(C)CC(=O)Nc1ccc(Br)cc1Cl. The molecule has 0 saturated heterocycles. The molecule has 1 N–H and O–H groups in total. The average Bonchev–Trinajstić information content (AvgIpc) is 3.18. The van der Waals surface area contributed by atoms with Gasteiger partial charge in [-0.25, -0.2) is 9.67 Å². The molecule has 140 valence electrons. The third-order valence-corrected chi connectivity index (χ3v) is 5.12. The Morgan fingerprint density at radius 3 is 2.67 bits per heavy atom. The number of nitrogens with zero attached hydrogens (tertiary/aromatic N) is 4. The van der Waals surface area contributed by atoms with Gasteiger partial charge >= 0.3 is 0 Å². The summed E-state index contributed by atoms with van der Waals surface area (Å²) >= 11 is 9.51. The summed E-state index contributed by atoms with van der Waals surface area (Å²) in [5.41, 5.74) is 2.65. The summed E-state index contributed by atoms with van der Waals surface area (Å²) in [6.45, 7) is 2.31. The van der Waals surface area contributed by atoms with E-state index < -0.39 is 0 Å². The Balaban J connectivity index is 1.61. The van der Waals surface area contributed by atoms with Gasteiger partial charge in [0.1, 0.15) is 12.7 Å². The molecular formula is C19H19BrClN5O. The van der Waals surface area contributed by atoms with Crippen LogP contribution < -0.4 is 5.32 Å². The molecule has 1 aromatic heterocycles. The highest BCUT2D eigenvalue weighted by molar-refractivity contribution is 9.10. The molecule has 0 radical (unpaired) electrons. The highest BCUT2D eigenvalue weighted by Gasteiger charge is 2.16. The molecule has 0 saturated carbocycles. The lowest BCUT2D eigenvalue weighted by Crippen LogP contribution is -2.32. The van der Waals surface area contributed by atoms with Crippen molar-refractivity contribution >= 4 is 39.1 Å². The van der Waals surface area contributed by atoms with Gasteiger partial charge in [0, 0.05) is 10.5 Å². The topological polar surface area (TPSA) is 63.1 Å². The van der Waals surface area contributed by atoms with E-state index >= 15 is 0 Å². The molecule has 3 aromatic rings. The van der Waals surface area contributed by atoms with Gasteiger partial charge in [0.2, 0.25) is 5.91 Å². The van der Waals surface area contributed by atoms with E-state index in [1.54, 1.807) is 23.1 Å². The summed E-state index contributed by atoms with van der Waals surface area (Å²) in [7, 11) is 1.92. The number of carbonyl (C=O) groups is 1. The molecule has 0 aliphatic rings. The summed E-state index contributed by atoms with van der Waals surface area (Å²) in [6, 6.07) is 13.5. The minimum absolute atomic E-state index is 0.0703. The van der Waals surface area contributed by atoms with Gasteiger partial charge in [-0.1, -0.05) is 39.7 Å². The molecule has 1 atom stereocenters. The van der Waals surface area contributed by atoms with Gasteiger partial charge in [0.25, 0.3) is 0 Å². The first-order valence-electron chi connectivity index (χ1n) is 8.34. The van der Waals surface area contributed by atoms with Crippen LogP contribution in [0.5, 0.6) is 0 Å². The molecule has 0 spiro atoms. The maximum Gasteiger partial charge on any atom is 0.238 e. The number of hydrogen-bond donors (Lipinski definition) is 1. The number of amides is 1. The largest absolute Gasteiger partial charge is 0.324 e. The molecule has 0 unspecified atom stereocenters. The number of hydrogen-bond acceptors (Lipinski definition) is 4. The second-order valence-electron chi connectivity index (χ2n) is 6.20. The number of rotatable bonds is 6. The summed E-state index contributed by atoms with van der Waals surface area (Å²) < 4.78 is 2.57. The molecule has 1 heterocycles. The quantitative estimate of drug-likeness (QED) is 0.610. The Kier molecular flexibility index (Phi) is 6.26. The molecule has 6 nitrogen and oxygen atoms in total. The number of anilines is 1. The monoisotopic (exact) mass is 447 g/mol. The van der Waals surface area contributed by atoms with Crippen LogP contribution in [0.2, 0.25) is 5.02 Å². The second-order valence-corrected chi connectivity index (χ2v) is 7.52. The Morgan fingerprint density at radius 2 is 2.04 bits per heavy atom. The average molecular weight is 449 g/mol. The predicted molar refractivity (Wildman–Crippen MR) is 110 cm³/mol. The molecule has 0 aliphatic carbocycles. The highest BCUT2D eigenvalue weighted by Crippen LogP contribution is 2.26. The lowest BCUT2D eigenvalue weighted by Gasteiger charge is -2.24. The second kappa shape index (κ2) is 8.65. The number of nitrogens with one attached hydrogen (secondary N) is 1. The third-order valence-electron chi connectivity index (χ3n) is 4.32. The van der Waals surface area contributed by atoms with Gasteiger partial charge in [-0.05, 0) is 49.9 Å². The zero-order valence-corrected chi connectivity index (χ0v) is 17.3. The van der Waals surface area contributed by atoms with E-state index in [-0.39, 0.29) is 18.5 Å². The summed E-state index contributed by atoms with van der Waals surface area (Å²) in [5.74, 6) is -0.118. The van der Waals surface area contributed by atoms with Crippen LogP contribution in [0.1, 0.15) is 18.5 Å². The number of halogens is 2. The lowest BCUT2D eigenvalue weighted by atomic mass is 10.1. The van der Waals surface area contributed by atoms with Crippen molar-refractivity contribution in [2.75, 3.05) is 18.9 Å². The lowest BCUT2D eigenvalue weighted by molar-refractivity contribution is -0.117.